The molecule has 2 amide bonds. The van der Waals surface area contributed by atoms with Gasteiger partial charge in [0.25, 0.3) is 0 Å². The molecule has 2 aromatic rings. The molecule has 0 aromatic heterocycles. The summed E-state index contributed by atoms with van der Waals surface area (Å²) < 4.78 is 16.5. The van der Waals surface area contributed by atoms with Crippen molar-refractivity contribution < 1.29 is 48.7 Å². The van der Waals surface area contributed by atoms with Crippen molar-refractivity contribution in [2.75, 3.05) is 26.3 Å². The zero-order valence-electron chi connectivity index (χ0n) is 30.7. The average Bonchev–Trinajstić information content (AvgIpc) is 3.15. The third-order valence-electron chi connectivity index (χ3n) is 9.03. The summed E-state index contributed by atoms with van der Waals surface area (Å²) >= 11 is 0. The monoisotopic (exact) mass is 726 g/mol. The van der Waals surface area contributed by atoms with Gasteiger partial charge < -0.3 is 40.2 Å². The molecule has 12 heteroatoms. The molecule has 1 aliphatic rings. The average molecular weight is 727 g/mol. The zero-order valence-corrected chi connectivity index (χ0v) is 30.7. The van der Waals surface area contributed by atoms with Gasteiger partial charge in [-0.2, -0.15) is 0 Å². The van der Waals surface area contributed by atoms with Crippen LogP contribution in [-0.2, 0) is 23.9 Å². The van der Waals surface area contributed by atoms with Gasteiger partial charge in [0.05, 0.1) is 12.7 Å². The molecule has 288 valence electrons. The minimum absolute atomic E-state index is 0.0830. The van der Waals surface area contributed by atoms with Crippen molar-refractivity contribution in [2.45, 2.75) is 128 Å². The van der Waals surface area contributed by atoms with Crippen molar-refractivity contribution in [1.29, 1.82) is 0 Å². The summed E-state index contributed by atoms with van der Waals surface area (Å²) in [5.41, 5.74) is 2.51. The van der Waals surface area contributed by atoms with E-state index in [-0.39, 0.29) is 49.4 Å². The Morgan fingerprint density at radius 1 is 0.712 bits per heavy atom. The predicted octanol–water partition coefficient (Wildman–Crippen LogP) is 4.65. The Morgan fingerprint density at radius 2 is 1.38 bits per heavy atom. The van der Waals surface area contributed by atoms with Crippen LogP contribution in [0.1, 0.15) is 108 Å². The molecule has 0 spiro atoms. The molecule has 2 unspecified atom stereocenters. The maximum atomic E-state index is 12.8. The molecule has 3 rings (SSSR count). The fourth-order valence-corrected chi connectivity index (χ4v) is 5.80. The second-order valence-corrected chi connectivity index (χ2v) is 13.4. The first kappa shape index (κ1) is 42.7. The summed E-state index contributed by atoms with van der Waals surface area (Å²) in [6.45, 7) is 4.84. The second kappa shape index (κ2) is 23.8. The molecule has 0 bridgehead atoms. The van der Waals surface area contributed by atoms with Gasteiger partial charge in [0.1, 0.15) is 30.7 Å². The van der Waals surface area contributed by atoms with E-state index < -0.39 is 30.7 Å². The molecule has 5 atom stereocenters. The van der Waals surface area contributed by atoms with Crippen molar-refractivity contribution in [1.82, 2.24) is 10.6 Å². The highest BCUT2D eigenvalue weighted by Gasteiger charge is 2.42. The van der Waals surface area contributed by atoms with E-state index in [1.165, 1.54) is 0 Å². The number of carbonyl (C=O) groups excluding carboxylic acids is 4. The van der Waals surface area contributed by atoms with E-state index in [4.69, 9.17) is 14.2 Å². The van der Waals surface area contributed by atoms with Crippen molar-refractivity contribution in [3.63, 3.8) is 0 Å². The van der Waals surface area contributed by atoms with Crippen LogP contribution in [0.3, 0.4) is 0 Å². The van der Waals surface area contributed by atoms with E-state index in [1.54, 1.807) is 19.1 Å². The van der Waals surface area contributed by atoms with Crippen LogP contribution in [0.15, 0.2) is 48.5 Å². The van der Waals surface area contributed by atoms with Gasteiger partial charge >= 0.3 is 0 Å². The van der Waals surface area contributed by atoms with Gasteiger partial charge in [0.15, 0.2) is 17.9 Å². The van der Waals surface area contributed by atoms with E-state index in [0.717, 1.165) is 62.6 Å². The third kappa shape index (κ3) is 15.5. The Balaban J connectivity index is 1.25. The maximum Gasteiger partial charge on any atom is 0.220 e. The van der Waals surface area contributed by atoms with E-state index in [0.29, 0.717) is 43.5 Å². The highest BCUT2D eigenvalue weighted by atomic mass is 16.7. The standard InChI is InChI=1S/C40H58N2O10/c1-3-4-9-23-41-35(45)17-8-6-5-7-16-34(44)31-14-10-13-30(26-31)29-19-21-33(22-20-29)51-27-32(43)15-11-24-42-36(46)18-12-25-50-40-39(49)38(48)37(47)28(2)52-40/h10,13-14,19-22,26,28,37-40,47-49H,3-9,11-12,15-18,23-25,27H2,1-2H3,(H,41,45)(H,42,46)/t28-,37-,38?,39-,40?/m0/s1. The summed E-state index contributed by atoms with van der Waals surface area (Å²) in [7, 11) is 0. The highest BCUT2D eigenvalue weighted by molar-refractivity contribution is 5.97. The number of aliphatic hydroxyl groups excluding tert-OH is 3. The number of Topliss-reactive ketones (excluding diaryl/α,β-unsaturated/α-hetero) is 2. The lowest BCUT2D eigenvalue weighted by Crippen LogP contribution is -2.57. The molecule has 2 aromatic carbocycles. The number of rotatable bonds is 25. The number of hydrogen-bond acceptors (Lipinski definition) is 10. The Labute approximate surface area is 307 Å². The molecule has 1 fully saturated rings. The number of carbonyl (C=O) groups is 4. The molecule has 5 N–H and O–H groups in total. The molecular weight excluding hydrogens is 668 g/mol. The van der Waals surface area contributed by atoms with Crippen molar-refractivity contribution >= 4 is 23.4 Å². The van der Waals surface area contributed by atoms with Crippen molar-refractivity contribution in [3.05, 3.63) is 54.1 Å². The Hall–Kier alpha value is -3.68. The Kier molecular flexibility index (Phi) is 19.6. The van der Waals surface area contributed by atoms with E-state index in [2.05, 4.69) is 17.6 Å². The van der Waals surface area contributed by atoms with Gasteiger partial charge in [0, 0.05) is 44.3 Å². The number of aliphatic hydroxyl groups is 3. The van der Waals surface area contributed by atoms with Crippen LogP contribution in [0, 0.1) is 0 Å². The first-order valence-corrected chi connectivity index (χ1v) is 18.8. The van der Waals surface area contributed by atoms with Crippen molar-refractivity contribution in [2.24, 2.45) is 0 Å². The lowest BCUT2D eigenvalue weighted by molar-refractivity contribution is -0.293. The fraction of sp³-hybridized carbons (Fsp3) is 0.600. The number of ketones is 2. The van der Waals surface area contributed by atoms with Crippen LogP contribution < -0.4 is 15.4 Å². The molecule has 0 aliphatic carbocycles. The third-order valence-corrected chi connectivity index (χ3v) is 9.03. The smallest absolute Gasteiger partial charge is 0.220 e. The number of unbranched alkanes of at least 4 members (excludes halogenated alkanes) is 5. The predicted molar refractivity (Wildman–Crippen MR) is 197 cm³/mol. The number of benzene rings is 2. The quantitative estimate of drug-likeness (QED) is 0.0714. The van der Waals surface area contributed by atoms with Crippen LogP contribution in [0.5, 0.6) is 5.75 Å². The number of nitrogens with one attached hydrogen (secondary N) is 2. The summed E-state index contributed by atoms with van der Waals surface area (Å²) in [6, 6.07) is 14.9. The molecule has 12 nitrogen and oxygen atoms in total. The van der Waals surface area contributed by atoms with Crippen LogP contribution in [0.25, 0.3) is 11.1 Å². The summed E-state index contributed by atoms with van der Waals surface area (Å²) in [4.78, 5) is 49.2. The normalized spacial score (nSPS) is 19.9. The number of ether oxygens (including phenoxy) is 3. The molecule has 0 saturated carbocycles. The van der Waals surface area contributed by atoms with E-state index in [9.17, 15) is 34.5 Å². The minimum atomic E-state index is -1.38. The molecule has 0 radical (unpaired) electrons. The van der Waals surface area contributed by atoms with Crippen LogP contribution >= 0.6 is 0 Å². The zero-order chi connectivity index (χ0) is 37.7. The summed E-state index contributed by atoms with van der Waals surface area (Å²) in [6.07, 6.45) is 3.31. The Morgan fingerprint density at radius 3 is 2.10 bits per heavy atom. The Bertz CT molecular complexity index is 1380. The SMILES string of the molecule is CCCCCNC(=O)CCCCCCC(=O)c1cccc(-c2ccc(OCC(=O)CCCNC(=O)CCCOC3O[C@@H](C)[C@H](O)C(O)[C@@H]3O)cc2)c1. The largest absolute Gasteiger partial charge is 0.486 e. The van der Waals surface area contributed by atoms with Crippen LogP contribution in [-0.4, -0.2) is 95.7 Å². The topological polar surface area (TPSA) is 181 Å². The maximum absolute atomic E-state index is 12.8. The summed E-state index contributed by atoms with van der Waals surface area (Å²) in [5, 5.41) is 35.3. The highest BCUT2D eigenvalue weighted by Crippen LogP contribution is 2.25. The van der Waals surface area contributed by atoms with Gasteiger partial charge in [0.2, 0.25) is 11.8 Å². The van der Waals surface area contributed by atoms with Crippen molar-refractivity contribution in [3.8, 4) is 16.9 Å². The van der Waals surface area contributed by atoms with Crippen LogP contribution in [0.4, 0.5) is 0 Å². The minimum Gasteiger partial charge on any atom is -0.486 e. The van der Waals surface area contributed by atoms with Gasteiger partial charge in [-0.05, 0) is 68.4 Å². The molecule has 1 heterocycles. The second-order valence-electron chi connectivity index (χ2n) is 13.4. The lowest BCUT2D eigenvalue weighted by atomic mass is 9.98. The van der Waals surface area contributed by atoms with E-state index >= 15 is 0 Å². The van der Waals surface area contributed by atoms with Gasteiger partial charge in [-0.1, -0.05) is 62.9 Å². The molecule has 1 saturated heterocycles. The molecule has 1 aliphatic heterocycles. The first-order chi connectivity index (χ1) is 25.1. The first-order valence-electron chi connectivity index (χ1n) is 18.8. The molecule has 52 heavy (non-hydrogen) atoms. The number of amides is 2. The summed E-state index contributed by atoms with van der Waals surface area (Å²) in [5.74, 6) is 0.484. The van der Waals surface area contributed by atoms with E-state index in [1.807, 2.05) is 36.4 Å². The fourth-order valence-electron chi connectivity index (χ4n) is 5.80. The van der Waals surface area contributed by atoms with Crippen LogP contribution in [0.2, 0.25) is 0 Å². The van der Waals surface area contributed by atoms with Gasteiger partial charge in [-0.25, -0.2) is 0 Å². The van der Waals surface area contributed by atoms with Gasteiger partial charge in [-0.15, -0.1) is 0 Å². The number of hydrogen-bond donors (Lipinski definition) is 5. The lowest BCUT2D eigenvalue weighted by Gasteiger charge is -2.38. The van der Waals surface area contributed by atoms with Gasteiger partial charge in [-0.3, -0.25) is 19.2 Å². The molecular formula is C40H58N2O10.